The van der Waals surface area contributed by atoms with E-state index in [2.05, 4.69) is 57.0 Å². The lowest BCUT2D eigenvalue weighted by atomic mass is 10.1. The Balaban J connectivity index is 3.46. The first kappa shape index (κ1) is 16.9. The first-order valence-corrected chi connectivity index (χ1v) is 6.99. The van der Waals surface area contributed by atoms with Gasteiger partial charge < -0.3 is 15.1 Å². The lowest BCUT2D eigenvalue weighted by Gasteiger charge is -2.26. The highest BCUT2D eigenvalue weighted by Crippen LogP contribution is 2.03. The molecule has 104 valence electrons. The molecule has 0 bridgehead atoms. The van der Waals surface area contributed by atoms with Gasteiger partial charge >= 0.3 is 0 Å². The maximum Gasteiger partial charge on any atom is 0.0109 e. The Morgan fingerprint density at radius 3 is 2.18 bits per heavy atom. The van der Waals surface area contributed by atoms with E-state index in [1.54, 1.807) is 0 Å². The summed E-state index contributed by atoms with van der Waals surface area (Å²) in [4.78, 5) is 4.70. The predicted octanol–water partition coefficient (Wildman–Crippen LogP) is 1.89. The second kappa shape index (κ2) is 9.86. The van der Waals surface area contributed by atoms with Crippen molar-refractivity contribution in [2.45, 2.75) is 39.7 Å². The first-order valence-electron chi connectivity index (χ1n) is 6.99. The van der Waals surface area contributed by atoms with Crippen LogP contribution < -0.4 is 5.32 Å². The van der Waals surface area contributed by atoms with E-state index in [0.717, 1.165) is 32.1 Å². The van der Waals surface area contributed by atoms with Gasteiger partial charge in [-0.2, -0.15) is 0 Å². The molecule has 0 aliphatic heterocycles. The summed E-state index contributed by atoms with van der Waals surface area (Å²) in [6.07, 6.45) is 2.56. The third-order valence-corrected chi connectivity index (χ3v) is 3.18. The lowest BCUT2D eigenvalue weighted by Crippen LogP contribution is -2.35. The number of likely N-dealkylation sites (N-methyl/N-ethyl adjacent to an activating group) is 2. The summed E-state index contributed by atoms with van der Waals surface area (Å²) in [7, 11) is 6.50. The van der Waals surface area contributed by atoms with Gasteiger partial charge in [-0.1, -0.05) is 13.8 Å². The number of nitrogens with zero attached hydrogens (tertiary/aromatic N) is 2. The van der Waals surface area contributed by atoms with Crippen molar-refractivity contribution >= 4 is 0 Å². The van der Waals surface area contributed by atoms with Gasteiger partial charge in [0.1, 0.15) is 0 Å². The Kier molecular flexibility index (Phi) is 9.79. The average Bonchev–Trinajstić information content (AvgIpc) is 2.24. The van der Waals surface area contributed by atoms with Crippen molar-refractivity contribution < 1.29 is 0 Å². The summed E-state index contributed by atoms with van der Waals surface area (Å²) >= 11 is 0. The first-order chi connectivity index (χ1) is 7.93. The number of hydrogen-bond donors (Lipinski definition) is 1. The maximum absolute atomic E-state index is 3.50. The minimum absolute atomic E-state index is 0.691. The van der Waals surface area contributed by atoms with Crippen LogP contribution in [0.15, 0.2) is 0 Å². The molecule has 1 atom stereocenters. The highest BCUT2D eigenvalue weighted by atomic mass is 15.2. The zero-order valence-electron chi connectivity index (χ0n) is 12.8. The summed E-state index contributed by atoms with van der Waals surface area (Å²) in [5.41, 5.74) is 0. The van der Waals surface area contributed by atoms with E-state index in [1.165, 1.54) is 12.8 Å². The fourth-order valence-corrected chi connectivity index (χ4v) is 1.71. The second-order valence-electron chi connectivity index (χ2n) is 5.87. The molecule has 3 heteroatoms. The molecular formula is C14H33N3. The minimum atomic E-state index is 0.691. The van der Waals surface area contributed by atoms with Gasteiger partial charge in [-0.05, 0) is 59.9 Å². The highest BCUT2D eigenvalue weighted by molar-refractivity contribution is 4.65. The molecule has 0 fully saturated rings. The molecule has 0 saturated heterocycles. The molecule has 0 rings (SSSR count). The van der Waals surface area contributed by atoms with Crippen LogP contribution in [-0.2, 0) is 0 Å². The van der Waals surface area contributed by atoms with E-state index < -0.39 is 0 Å². The topological polar surface area (TPSA) is 18.5 Å². The van der Waals surface area contributed by atoms with Crippen LogP contribution in [0.5, 0.6) is 0 Å². The normalized spacial score (nSPS) is 13.9. The Morgan fingerprint density at radius 1 is 1.00 bits per heavy atom. The van der Waals surface area contributed by atoms with Crippen molar-refractivity contribution in [3.05, 3.63) is 0 Å². The van der Waals surface area contributed by atoms with Crippen molar-refractivity contribution in [1.29, 1.82) is 0 Å². The van der Waals surface area contributed by atoms with Crippen LogP contribution in [0.1, 0.15) is 33.6 Å². The van der Waals surface area contributed by atoms with Gasteiger partial charge in [-0.25, -0.2) is 0 Å². The van der Waals surface area contributed by atoms with Crippen LogP contribution in [0.25, 0.3) is 0 Å². The Hall–Kier alpha value is -0.120. The van der Waals surface area contributed by atoms with Crippen LogP contribution in [0.3, 0.4) is 0 Å². The fraction of sp³-hybridized carbons (Fsp3) is 1.00. The van der Waals surface area contributed by atoms with Gasteiger partial charge in [-0.3, -0.25) is 0 Å². The molecule has 0 heterocycles. The predicted molar refractivity (Wildman–Crippen MR) is 77.6 cm³/mol. The summed E-state index contributed by atoms with van der Waals surface area (Å²) in [5, 5.41) is 3.50. The third kappa shape index (κ3) is 10.7. The van der Waals surface area contributed by atoms with Crippen LogP contribution in [0.4, 0.5) is 0 Å². The summed E-state index contributed by atoms with van der Waals surface area (Å²) in [5.74, 6) is 0.759. The molecule has 0 aliphatic carbocycles. The van der Waals surface area contributed by atoms with E-state index in [9.17, 15) is 0 Å². The molecule has 1 N–H and O–H groups in total. The zero-order valence-corrected chi connectivity index (χ0v) is 12.8. The third-order valence-electron chi connectivity index (χ3n) is 3.18. The van der Waals surface area contributed by atoms with E-state index >= 15 is 0 Å². The smallest absolute Gasteiger partial charge is 0.0109 e. The van der Waals surface area contributed by atoms with Crippen molar-refractivity contribution in [3.8, 4) is 0 Å². The molecule has 0 aromatic carbocycles. The fourth-order valence-electron chi connectivity index (χ4n) is 1.71. The molecule has 0 spiro atoms. The second-order valence-corrected chi connectivity index (χ2v) is 5.87. The molecule has 1 unspecified atom stereocenters. The zero-order chi connectivity index (χ0) is 13.3. The van der Waals surface area contributed by atoms with E-state index in [0.29, 0.717) is 6.04 Å². The van der Waals surface area contributed by atoms with Crippen molar-refractivity contribution in [2.75, 3.05) is 47.3 Å². The Labute approximate surface area is 109 Å². The summed E-state index contributed by atoms with van der Waals surface area (Å²) in [6, 6.07) is 0.691. The van der Waals surface area contributed by atoms with E-state index in [4.69, 9.17) is 0 Å². The van der Waals surface area contributed by atoms with Crippen molar-refractivity contribution in [3.63, 3.8) is 0 Å². The standard InChI is InChI=1S/C14H33N3/c1-13(2)12-15-9-7-8-14(3)17(6)11-10-16(4)5/h13-15H,7-12H2,1-6H3. The molecule has 0 aromatic rings. The van der Waals surface area contributed by atoms with Crippen LogP contribution >= 0.6 is 0 Å². The largest absolute Gasteiger partial charge is 0.316 e. The minimum Gasteiger partial charge on any atom is -0.316 e. The molecule has 0 aromatic heterocycles. The number of nitrogens with one attached hydrogen (secondary N) is 1. The van der Waals surface area contributed by atoms with Gasteiger partial charge in [0.2, 0.25) is 0 Å². The Bertz CT molecular complexity index is 169. The SMILES string of the molecule is CC(C)CNCCCC(C)N(C)CCN(C)C. The molecule has 0 aliphatic rings. The van der Waals surface area contributed by atoms with Crippen LogP contribution in [0, 0.1) is 5.92 Å². The maximum atomic E-state index is 3.50. The van der Waals surface area contributed by atoms with Crippen LogP contribution in [0.2, 0.25) is 0 Å². The molecule has 0 radical (unpaired) electrons. The number of rotatable bonds is 10. The van der Waals surface area contributed by atoms with Gasteiger partial charge in [-0.15, -0.1) is 0 Å². The molecule has 0 saturated carbocycles. The molecule has 0 amide bonds. The highest BCUT2D eigenvalue weighted by Gasteiger charge is 2.08. The van der Waals surface area contributed by atoms with Crippen molar-refractivity contribution in [2.24, 2.45) is 5.92 Å². The van der Waals surface area contributed by atoms with Crippen molar-refractivity contribution in [1.82, 2.24) is 15.1 Å². The monoisotopic (exact) mass is 243 g/mol. The van der Waals surface area contributed by atoms with E-state index in [-0.39, 0.29) is 0 Å². The van der Waals surface area contributed by atoms with Gasteiger partial charge in [0.15, 0.2) is 0 Å². The summed E-state index contributed by atoms with van der Waals surface area (Å²) in [6.45, 7) is 11.4. The lowest BCUT2D eigenvalue weighted by molar-refractivity contribution is 0.217. The quantitative estimate of drug-likeness (QED) is 0.591. The molecule has 17 heavy (non-hydrogen) atoms. The summed E-state index contributed by atoms with van der Waals surface area (Å²) < 4.78 is 0. The average molecular weight is 243 g/mol. The van der Waals surface area contributed by atoms with Gasteiger partial charge in [0.05, 0.1) is 0 Å². The van der Waals surface area contributed by atoms with Gasteiger partial charge in [0, 0.05) is 19.1 Å². The number of hydrogen-bond acceptors (Lipinski definition) is 3. The molecule has 3 nitrogen and oxygen atoms in total. The van der Waals surface area contributed by atoms with Gasteiger partial charge in [0.25, 0.3) is 0 Å². The molecular weight excluding hydrogens is 210 g/mol. The Morgan fingerprint density at radius 2 is 1.65 bits per heavy atom. The van der Waals surface area contributed by atoms with Crippen LogP contribution in [-0.4, -0.2) is 63.2 Å². The van der Waals surface area contributed by atoms with E-state index in [1.807, 2.05) is 0 Å².